The van der Waals surface area contributed by atoms with Gasteiger partial charge >= 0.3 is 0 Å². The zero-order valence-corrected chi connectivity index (χ0v) is 11.6. The van der Waals surface area contributed by atoms with E-state index >= 15 is 0 Å². The SMILES string of the molecule is CCCNC1CCOCC1Cc1nc(C)cs1. The maximum atomic E-state index is 5.61. The second-order valence-corrected chi connectivity index (χ2v) is 5.71. The highest BCUT2D eigenvalue weighted by Gasteiger charge is 2.26. The van der Waals surface area contributed by atoms with Crippen LogP contribution in [0.1, 0.15) is 30.5 Å². The molecule has 0 radical (unpaired) electrons. The average Bonchev–Trinajstić information content (AvgIpc) is 2.74. The van der Waals surface area contributed by atoms with E-state index in [1.165, 1.54) is 11.4 Å². The van der Waals surface area contributed by atoms with Gasteiger partial charge in [-0.25, -0.2) is 4.98 Å². The summed E-state index contributed by atoms with van der Waals surface area (Å²) in [5.74, 6) is 0.584. The Hall–Kier alpha value is -0.450. The second kappa shape index (κ2) is 6.47. The molecule has 1 aliphatic heterocycles. The largest absolute Gasteiger partial charge is 0.381 e. The summed E-state index contributed by atoms with van der Waals surface area (Å²) < 4.78 is 5.61. The molecule has 0 aliphatic carbocycles. The minimum atomic E-state index is 0.584. The molecule has 0 aromatic carbocycles. The van der Waals surface area contributed by atoms with Gasteiger partial charge in [0.25, 0.3) is 0 Å². The molecular weight excluding hydrogens is 232 g/mol. The highest BCUT2D eigenvalue weighted by atomic mass is 32.1. The first-order valence-corrected chi connectivity index (χ1v) is 7.39. The summed E-state index contributed by atoms with van der Waals surface area (Å²) >= 11 is 1.77. The van der Waals surface area contributed by atoms with E-state index in [9.17, 15) is 0 Å². The molecule has 2 rings (SSSR count). The molecule has 1 aliphatic rings. The number of hydrogen-bond donors (Lipinski definition) is 1. The molecule has 1 aromatic heterocycles. The van der Waals surface area contributed by atoms with Crippen LogP contribution in [0.15, 0.2) is 5.38 Å². The zero-order valence-electron chi connectivity index (χ0n) is 10.7. The predicted octanol–water partition coefficient (Wildman–Crippen LogP) is 2.40. The van der Waals surface area contributed by atoms with Crippen molar-refractivity contribution in [3.63, 3.8) is 0 Å². The van der Waals surface area contributed by atoms with Gasteiger partial charge in [-0.15, -0.1) is 11.3 Å². The van der Waals surface area contributed by atoms with Crippen LogP contribution in [-0.2, 0) is 11.2 Å². The Kier molecular flexibility index (Phi) is 4.95. The fourth-order valence-electron chi connectivity index (χ4n) is 2.32. The number of ether oxygens (including phenoxy) is 1. The van der Waals surface area contributed by atoms with E-state index in [-0.39, 0.29) is 0 Å². The van der Waals surface area contributed by atoms with Crippen LogP contribution < -0.4 is 5.32 Å². The number of nitrogens with one attached hydrogen (secondary N) is 1. The normalized spacial score (nSPS) is 25.1. The van der Waals surface area contributed by atoms with Gasteiger partial charge in [0.15, 0.2) is 0 Å². The molecule has 0 saturated carbocycles. The lowest BCUT2D eigenvalue weighted by Crippen LogP contribution is -2.43. The molecule has 0 bridgehead atoms. The van der Waals surface area contributed by atoms with Crippen molar-refractivity contribution in [1.82, 2.24) is 10.3 Å². The summed E-state index contributed by atoms with van der Waals surface area (Å²) in [5.41, 5.74) is 1.14. The van der Waals surface area contributed by atoms with E-state index in [0.717, 1.165) is 38.3 Å². The Balaban J connectivity index is 1.91. The van der Waals surface area contributed by atoms with Crippen molar-refractivity contribution >= 4 is 11.3 Å². The Labute approximate surface area is 108 Å². The Bertz CT molecular complexity index is 340. The first kappa shape index (κ1) is 13.0. The fraction of sp³-hybridized carbons (Fsp3) is 0.769. The van der Waals surface area contributed by atoms with E-state index < -0.39 is 0 Å². The second-order valence-electron chi connectivity index (χ2n) is 4.77. The van der Waals surface area contributed by atoms with Crippen molar-refractivity contribution in [3.05, 3.63) is 16.1 Å². The molecule has 96 valence electrons. The van der Waals surface area contributed by atoms with Gasteiger partial charge in [-0.3, -0.25) is 0 Å². The lowest BCUT2D eigenvalue weighted by Gasteiger charge is -2.31. The van der Waals surface area contributed by atoms with E-state index in [0.29, 0.717) is 12.0 Å². The van der Waals surface area contributed by atoms with Crippen molar-refractivity contribution in [3.8, 4) is 0 Å². The molecule has 4 heteroatoms. The van der Waals surface area contributed by atoms with Crippen LogP contribution in [0, 0.1) is 12.8 Å². The van der Waals surface area contributed by atoms with Gasteiger partial charge in [-0.05, 0) is 26.3 Å². The number of hydrogen-bond acceptors (Lipinski definition) is 4. The molecule has 2 unspecified atom stereocenters. The molecule has 2 atom stereocenters. The van der Waals surface area contributed by atoms with Crippen molar-refractivity contribution in [2.75, 3.05) is 19.8 Å². The van der Waals surface area contributed by atoms with Crippen LogP contribution >= 0.6 is 11.3 Å². The van der Waals surface area contributed by atoms with E-state index in [2.05, 4.69) is 29.5 Å². The van der Waals surface area contributed by atoms with Gasteiger partial charge < -0.3 is 10.1 Å². The van der Waals surface area contributed by atoms with Crippen LogP contribution in [0.4, 0.5) is 0 Å². The van der Waals surface area contributed by atoms with E-state index in [1.54, 1.807) is 11.3 Å². The molecule has 3 nitrogen and oxygen atoms in total. The summed E-state index contributed by atoms with van der Waals surface area (Å²) in [6.45, 7) is 7.16. The maximum absolute atomic E-state index is 5.61. The van der Waals surface area contributed by atoms with Gasteiger partial charge in [-0.1, -0.05) is 6.92 Å². The molecule has 2 heterocycles. The van der Waals surface area contributed by atoms with Crippen LogP contribution in [-0.4, -0.2) is 30.8 Å². The van der Waals surface area contributed by atoms with Crippen LogP contribution in [0.25, 0.3) is 0 Å². The summed E-state index contributed by atoms with van der Waals surface area (Å²) in [6.07, 6.45) is 3.38. The standard InChI is InChI=1S/C13H22N2OS/c1-3-5-14-12-4-6-16-8-11(12)7-13-15-10(2)9-17-13/h9,11-12,14H,3-8H2,1-2H3. The monoisotopic (exact) mass is 254 g/mol. The number of nitrogens with zero attached hydrogens (tertiary/aromatic N) is 1. The smallest absolute Gasteiger partial charge is 0.0932 e. The number of aryl methyl sites for hydroxylation is 1. The summed E-state index contributed by atoms with van der Waals surface area (Å²) in [4.78, 5) is 4.55. The lowest BCUT2D eigenvalue weighted by atomic mass is 9.93. The predicted molar refractivity (Wildman–Crippen MR) is 71.6 cm³/mol. The topological polar surface area (TPSA) is 34.1 Å². The molecule has 1 fully saturated rings. The van der Waals surface area contributed by atoms with Crippen molar-refractivity contribution in [2.45, 2.75) is 39.2 Å². The minimum absolute atomic E-state index is 0.584. The molecule has 1 aromatic rings. The third-order valence-electron chi connectivity index (χ3n) is 3.23. The van der Waals surface area contributed by atoms with Gasteiger partial charge in [0.2, 0.25) is 0 Å². The number of thiazole rings is 1. The van der Waals surface area contributed by atoms with E-state index in [4.69, 9.17) is 4.74 Å². The quantitative estimate of drug-likeness (QED) is 0.876. The average molecular weight is 254 g/mol. The van der Waals surface area contributed by atoms with Crippen molar-refractivity contribution in [1.29, 1.82) is 0 Å². The minimum Gasteiger partial charge on any atom is -0.381 e. The fourth-order valence-corrected chi connectivity index (χ4v) is 3.18. The highest BCUT2D eigenvalue weighted by molar-refractivity contribution is 7.09. The first-order chi connectivity index (χ1) is 8.29. The number of aromatic nitrogens is 1. The Morgan fingerprint density at radius 1 is 1.59 bits per heavy atom. The van der Waals surface area contributed by atoms with Gasteiger partial charge in [-0.2, -0.15) is 0 Å². The third-order valence-corrected chi connectivity index (χ3v) is 4.22. The Morgan fingerprint density at radius 2 is 2.47 bits per heavy atom. The number of rotatable bonds is 5. The maximum Gasteiger partial charge on any atom is 0.0932 e. The van der Waals surface area contributed by atoms with Crippen LogP contribution in [0.5, 0.6) is 0 Å². The van der Waals surface area contributed by atoms with Gasteiger partial charge in [0.05, 0.1) is 11.6 Å². The van der Waals surface area contributed by atoms with Crippen molar-refractivity contribution < 1.29 is 4.74 Å². The van der Waals surface area contributed by atoms with Crippen molar-refractivity contribution in [2.24, 2.45) is 5.92 Å². The highest BCUT2D eigenvalue weighted by Crippen LogP contribution is 2.21. The van der Waals surface area contributed by atoms with Gasteiger partial charge in [0.1, 0.15) is 0 Å². The third kappa shape index (κ3) is 3.76. The summed E-state index contributed by atoms with van der Waals surface area (Å²) in [6, 6.07) is 0.605. The molecule has 17 heavy (non-hydrogen) atoms. The molecule has 1 N–H and O–H groups in total. The zero-order chi connectivity index (χ0) is 12.1. The molecular formula is C13H22N2OS. The first-order valence-electron chi connectivity index (χ1n) is 6.51. The van der Waals surface area contributed by atoms with Crippen LogP contribution in [0.3, 0.4) is 0 Å². The molecule has 0 spiro atoms. The summed E-state index contributed by atoms with van der Waals surface area (Å²) in [7, 11) is 0. The molecule has 1 saturated heterocycles. The summed E-state index contributed by atoms with van der Waals surface area (Å²) in [5, 5.41) is 7.03. The molecule has 0 amide bonds. The van der Waals surface area contributed by atoms with E-state index in [1.807, 2.05) is 0 Å². The lowest BCUT2D eigenvalue weighted by molar-refractivity contribution is 0.0322. The van der Waals surface area contributed by atoms with Crippen LogP contribution in [0.2, 0.25) is 0 Å². The Morgan fingerprint density at radius 3 is 3.18 bits per heavy atom. The van der Waals surface area contributed by atoms with Gasteiger partial charge in [0, 0.05) is 36.1 Å².